The zero-order valence-electron chi connectivity index (χ0n) is 11.0. The summed E-state index contributed by atoms with van der Waals surface area (Å²) in [4.78, 5) is 18.0. The second-order valence-electron chi connectivity index (χ2n) is 5.37. The van der Waals surface area contributed by atoms with Gasteiger partial charge in [0.1, 0.15) is 16.3 Å². The first-order valence-electron chi connectivity index (χ1n) is 6.61. The number of hydrogen-bond acceptors (Lipinski definition) is 4. The fourth-order valence-corrected chi connectivity index (χ4v) is 3.71. The number of aromatic hydroxyl groups is 1. The molecule has 0 atom stereocenters. The predicted molar refractivity (Wildman–Crippen MR) is 76.4 cm³/mol. The van der Waals surface area contributed by atoms with Crippen LogP contribution in [0.2, 0.25) is 0 Å². The summed E-state index contributed by atoms with van der Waals surface area (Å²) >= 11 is 0.955. The van der Waals surface area contributed by atoms with Gasteiger partial charge in [-0.2, -0.15) is 13.2 Å². The van der Waals surface area contributed by atoms with Crippen LogP contribution in [0.1, 0.15) is 30.0 Å². The molecule has 0 saturated heterocycles. The molecule has 1 aliphatic carbocycles. The second-order valence-corrected chi connectivity index (χ2v) is 6.37. The van der Waals surface area contributed by atoms with Crippen LogP contribution in [0, 0.1) is 0 Å². The average molecular weight is 326 g/mol. The average Bonchev–Trinajstić information content (AvgIpc) is 3.18. The minimum Gasteiger partial charge on any atom is -0.506 e. The van der Waals surface area contributed by atoms with Crippen LogP contribution >= 0.6 is 11.3 Å². The van der Waals surface area contributed by atoms with Gasteiger partial charge in [-0.3, -0.25) is 4.79 Å². The summed E-state index contributed by atoms with van der Waals surface area (Å²) in [5, 5.41) is 10.4. The van der Waals surface area contributed by atoms with Gasteiger partial charge in [0.05, 0.1) is 10.2 Å². The van der Waals surface area contributed by atoms with E-state index in [2.05, 4.69) is 9.97 Å². The van der Waals surface area contributed by atoms with Crippen molar-refractivity contribution in [1.82, 2.24) is 9.97 Å². The standard InChI is InChI=1S/C14H9F3N2O2S/c15-14(16,17)8-3-6(5-1-2-5)10-11-12(22-13(10)18-8)7(20)4-9(21)19-11/h3-5H,1-2H2,(H2,19,20,21). The quantitative estimate of drug-likeness (QED) is 0.716. The van der Waals surface area contributed by atoms with Gasteiger partial charge in [-0.05, 0) is 30.4 Å². The third-order valence-corrected chi connectivity index (χ3v) is 4.85. The van der Waals surface area contributed by atoms with Gasteiger partial charge in [0.25, 0.3) is 5.56 Å². The van der Waals surface area contributed by atoms with Gasteiger partial charge >= 0.3 is 6.18 Å². The smallest absolute Gasteiger partial charge is 0.433 e. The van der Waals surface area contributed by atoms with Crippen molar-refractivity contribution in [3.8, 4) is 5.75 Å². The molecule has 1 saturated carbocycles. The molecule has 0 aliphatic heterocycles. The molecule has 2 N–H and O–H groups in total. The van der Waals surface area contributed by atoms with Crippen LogP contribution in [0.5, 0.6) is 5.75 Å². The van der Waals surface area contributed by atoms with Gasteiger partial charge in [-0.25, -0.2) is 4.98 Å². The number of nitrogens with one attached hydrogen (secondary N) is 1. The maximum absolute atomic E-state index is 13.0. The Hall–Kier alpha value is -2.09. The van der Waals surface area contributed by atoms with Crippen molar-refractivity contribution in [2.45, 2.75) is 24.9 Å². The summed E-state index contributed by atoms with van der Waals surface area (Å²) in [6, 6.07) is 2.08. The molecule has 8 heteroatoms. The summed E-state index contributed by atoms with van der Waals surface area (Å²) in [6.45, 7) is 0. The lowest BCUT2D eigenvalue weighted by atomic mass is 10.1. The molecule has 0 spiro atoms. The number of H-pyrrole nitrogens is 1. The molecule has 3 aromatic rings. The number of fused-ring (bicyclic) bond motifs is 3. The summed E-state index contributed by atoms with van der Waals surface area (Å²) in [6.07, 6.45) is -2.89. The first-order chi connectivity index (χ1) is 10.3. The zero-order chi connectivity index (χ0) is 15.6. The van der Waals surface area contributed by atoms with Crippen molar-refractivity contribution in [2.75, 3.05) is 0 Å². The van der Waals surface area contributed by atoms with E-state index in [1.165, 1.54) is 0 Å². The number of pyridine rings is 2. The number of halogens is 3. The van der Waals surface area contributed by atoms with E-state index in [1.807, 2.05) is 0 Å². The Kier molecular flexibility index (Phi) is 2.60. The molecule has 4 nitrogen and oxygen atoms in total. The molecular formula is C14H9F3N2O2S. The van der Waals surface area contributed by atoms with Crippen LogP contribution in [-0.2, 0) is 6.18 Å². The molecule has 1 aliphatic rings. The Morgan fingerprint density at radius 3 is 2.68 bits per heavy atom. The molecule has 22 heavy (non-hydrogen) atoms. The minimum absolute atomic E-state index is 0.0512. The Labute approximate surface area is 125 Å². The van der Waals surface area contributed by atoms with Crippen molar-refractivity contribution in [3.05, 3.63) is 33.7 Å². The van der Waals surface area contributed by atoms with Crippen molar-refractivity contribution >= 4 is 31.8 Å². The summed E-state index contributed by atoms with van der Waals surface area (Å²) in [5.74, 6) is -0.188. The highest BCUT2D eigenvalue weighted by atomic mass is 32.1. The van der Waals surface area contributed by atoms with Gasteiger partial charge in [0, 0.05) is 11.5 Å². The van der Waals surface area contributed by atoms with Gasteiger partial charge in [0.2, 0.25) is 0 Å². The first kappa shape index (κ1) is 13.6. The summed E-state index contributed by atoms with van der Waals surface area (Å²) < 4.78 is 39.4. The lowest BCUT2D eigenvalue weighted by molar-refractivity contribution is -0.141. The number of aromatic nitrogens is 2. The van der Waals surface area contributed by atoms with Crippen LogP contribution in [0.15, 0.2) is 16.9 Å². The van der Waals surface area contributed by atoms with E-state index in [0.717, 1.165) is 36.3 Å². The third-order valence-electron chi connectivity index (χ3n) is 3.75. The largest absolute Gasteiger partial charge is 0.506 e. The number of alkyl halides is 3. The molecule has 0 unspecified atom stereocenters. The molecule has 0 amide bonds. The summed E-state index contributed by atoms with van der Waals surface area (Å²) in [5.41, 5.74) is -0.514. The summed E-state index contributed by atoms with van der Waals surface area (Å²) in [7, 11) is 0. The van der Waals surface area contributed by atoms with E-state index in [1.54, 1.807) is 0 Å². The highest BCUT2D eigenvalue weighted by Crippen LogP contribution is 2.48. The number of aromatic amines is 1. The second kappa shape index (κ2) is 4.22. The highest BCUT2D eigenvalue weighted by Gasteiger charge is 2.36. The molecule has 1 fully saturated rings. The van der Waals surface area contributed by atoms with Crippen molar-refractivity contribution in [3.63, 3.8) is 0 Å². The van der Waals surface area contributed by atoms with Crippen LogP contribution < -0.4 is 5.56 Å². The molecular weight excluding hydrogens is 317 g/mol. The SMILES string of the molecule is O=c1cc(O)c2sc3nc(C(F)(F)F)cc(C4CC4)c3c2[nH]1. The molecule has 0 bridgehead atoms. The lowest BCUT2D eigenvalue weighted by Crippen LogP contribution is -2.08. The number of hydrogen-bond donors (Lipinski definition) is 2. The van der Waals surface area contributed by atoms with Crippen molar-refractivity contribution < 1.29 is 18.3 Å². The van der Waals surface area contributed by atoms with Crippen LogP contribution in [0.3, 0.4) is 0 Å². The highest BCUT2D eigenvalue weighted by molar-refractivity contribution is 7.25. The molecule has 114 valence electrons. The molecule has 3 heterocycles. The maximum atomic E-state index is 13.0. The predicted octanol–water partition coefficient (Wildman–Crippen LogP) is 3.74. The third kappa shape index (κ3) is 1.98. The van der Waals surface area contributed by atoms with E-state index in [-0.39, 0.29) is 16.5 Å². The first-order valence-corrected chi connectivity index (χ1v) is 7.43. The Morgan fingerprint density at radius 1 is 1.32 bits per heavy atom. The van der Waals surface area contributed by atoms with E-state index >= 15 is 0 Å². The van der Waals surface area contributed by atoms with E-state index in [4.69, 9.17) is 0 Å². The molecule has 4 rings (SSSR count). The van der Waals surface area contributed by atoms with Crippen LogP contribution in [-0.4, -0.2) is 15.1 Å². The van der Waals surface area contributed by atoms with E-state index in [9.17, 15) is 23.1 Å². The minimum atomic E-state index is -4.52. The number of rotatable bonds is 1. The Balaban J connectivity index is 2.16. The van der Waals surface area contributed by atoms with Crippen LogP contribution in [0.25, 0.3) is 20.4 Å². The Bertz CT molecular complexity index is 970. The monoisotopic (exact) mass is 326 g/mol. The topological polar surface area (TPSA) is 66.0 Å². The van der Waals surface area contributed by atoms with Gasteiger partial charge in [0.15, 0.2) is 0 Å². The molecule has 3 aromatic heterocycles. The van der Waals surface area contributed by atoms with E-state index < -0.39 is 17.4 Å². The Morgan fingerprint density at radius 2 is 2.05 bits per heavy atom. The lowest BCUT2D eigenvalue weighted by Gasteiger charge is -2.09. The zero-order valence-corrected chi connectivity index (χ0v) is 11.8. The van der Waals surface area contributed by atoms with Gasteiger partial charge in [-0.1, -0.05) is 0 Å². The fraction of sp³-hybridized carbons (Fsp3) is 0.286. The van der Waals surface area contributed by atoms with Gasteiger partial charge in [-0.15, -0.1) is 11.3 Å². The molecule has 0 aromatic carbocycles. The van der Waals surface area contributed by atoms with Crippen LogP contribution in [0.4, 0.5) is 13.2 Å². The number of thiophene rings is 1. The van der Waals surface area contributed by atoms with Gasteiger partial charge < -0.3 is 10.1 Å². The van der Waals surface area contributed by atoms with Crippen molar-refractivity contribution in [2.24, 2.45) is 0 Å². The number of nitrogens with zero attached hydrogens (tertiary/aromatic N) is 1. The maximum Gasteiger partial charge on any atom is 0.433 e. The van der Waals surface area contributed by atoms with E-state index in [0.29, 0.717) is 21.2 Å². The van der Waals surface area contributed by atoms with Crippen molar-refractivity contribution in [1.29, 1.82) is 0 Å². The normalized spacial score (nSPS) is 15.8. The molecule has 0 radical (unpaired) electrons. The fourth-order valence-electron chi connectivity index (χ4n) is 2.64.